The molecule has 0 saturated carbocycles. The van der Waals surface area contributed by atoms with Crippen LogP contribution >= 0.6 is 11.6 Å². The van der Waals surface area contributed by atoms with Crippen LogP contribution in [0.1, 0.15) is 27.0 Å². The molecule has 4 aromatic carbocycles. The first-order valence-corrected chi connectivity index (χ1v) is 12.6. The highest BCUT2D eigenvalue weighted by atomic mass is 35.5. The van der Waals surface area contributed by atoms with E-state index in [0.29, 0.717) is 33.5 Å². The molecule has 0 bridgehead atoms. The van der Waals surface area contributed by atoms with E-state index in [1.807, 2.05) is 42.5 Å². The van der Waals surface area contributed by atoms with Crippen LogP contribution in [-0.4, -0.2) is 25.2 Å². The van der Waals surface area contributed by atoms with Gasteiger partial charge in [0.25, 0.3) is 5.91 Å². The minimum Gasteiger partial charge on any atom is -0.491 e. The normalized spacial score (nSPS) is 18.3. The Kier molecular flexibility index (Phi) is 5.09. The zero-order chi connectivity index (χ0) is 25.9. The second-order valence-corrected chi connectivity index (χ2v) is 9.86. The Morgan fingerprint density at radius 3 is 2.53 bits per heavy atom. The van der Waals surface area contributed by atoms with E-state index in [0.717, 1.165) is 22.4 Å². The smallest absolute Gasteiger partial charge is 0.256 e. The van der Waals surface area contributed by atoms with Gasteiger partial charge in [0.1, 0.15) is 17.8 Å². The Bertz CT molecular complexity index is 1640. The SMILES string of the molecule is O=C(Nc1cccc(Cl)c1)c1ccccc1CN1C(=O)C2(COc3cc4c(cc32)OCO4)c2ccccc21. The molecule has 1 atom stereocenters. The summed E-state index contributed by atoms with van der Waals surface area (Å²) in [5.74, 6) is 1.43. The number of ether oxygens (including phenoxy) is 3. The maximum Gasteiger partial charge on any atom is 0.256 e. The predicted molar refractivity (Wildman–Crippen MR) is 142 cm³/mol. The summed E-state index contributed by atoms with van der Waals surface area (Å²) in [6, 6.07) is 25.7. The Labute approximate surface area is 223 Å². The standard InChI is InChI=1S/C30H21ClN2O5/c31-19-7-5-8-20(12-19)32-28(34)21-9-2-1-6-18(21)15-33-24-11-4-3-10-22(24)30(29(33)35)16-36-25-14-27-26(13-23(25)30)37-17-38-27/h1-14H,15-17H2,(H,32,34). The van der Waals surface area contributed by atoms with Gasteiger partial charge in [0, 0.05) is 33.6 Å². The maximum absolute atomic E-state index is 14.3. The van der Waals surface area contributed by atoms with Crippen molar-refractivity contribution in [1.29, 1.82) is 0 Å². The van der Waals surface area contributed by atoms with Crippen molar-refractivity contribution < 1.29 is 23.8 Å². The third-order valence-electron chi connectivity index (χ3n) is 7.32. The largest absolute Gasteiger partial charge is 0.491 e. The van der Waals surface area contributed by atoms with Crippen LogP contribution in [0.25, 0.3) is 0 Å². The van der Waals surface area contributed by atoms with Crippen LogP contribution in [0.3, 0.4) is 0 Å². The summed E-state index contributed by atoms with van der Waals surface area (Å²) in [4.78, 5) is 29.3. The van der Waals surface area contributed by atoms with Gasteiger partial charge in [0.2, 0.25) is 12.7 Å². The number of fused-ring (bicyclic) bond motifs is 5. The molecule has 38 heavy (non-hydrogen) atoms. The lowest BCUT2D eigenvalue weighted by molar-refractivity contribution is -0.122. The van der Waals surface area contributed by atoms with Crippen molar-refractivity contribution >= 4 is 34.8 Å². The molecule has 188 valence electrons. The van der Waals surface area contributed by atoms with E-state index in [4.69, 9.17) is 25.8 Å². The van der Waals surface area contributed by atoms with E-state index in [1.54, 1.807) is 47.4 Å². The molecule has 0 radical (unpaired) electrons. The summed E-state index contributed by atoms with van der Waals surface area (Å²) in [6.07, 6.45) is 0. The van der Waals surface area contributed by atoms with Crippen molar-refractivity contribution in [1.82, 2.24) is 0 Å². The first-order valence-electron chi connectivity index (χ1n) is 12.2. The molecule has 3 aliphatic rings. The monoisotopic (exact) mass is 524 g/mol. The summed E-state index contributed by atoms with van der Waals surface area (Å²) >= 11 is 6.09. The van der Waals surface area contributed by atoms with E-state index in [-0.39, 0.29) is 31.8 Å². The van der Waals surface area contributed by atoms with Gasteiger partial charge in [-0.3, -0.25) is 9.59 Å². The number of halogens is 1. The van der Waals surface area contributed by atoms with Crippen LogP contribution in [0.2, 0.25) is 5.02 Å². The lowest BCUT2D eigenvalue weighted by Crippen LogP contribution is -2.42. The maximum atomic E-state index is 14.3. The third-order valence-corrected chi connectivity index (χ3v) is 7.55. The minimum absolute atomic E-state index is 0.110. The first-order chi connectivity index (χ1) is 18.5. The summed E-state index contributed by atoms with van der Waals surface area (Å²) in [6.45, 7) is 0.529. The molecule has 1 N–H and O–H groups in total. The van der Waals surface area contributed by atoms with Crippen LogP contribution in [0.4, 0.5) is 11.4 Å². The lowest BCUT2D eigenvalue weighted by Gasteiger charge is -2.24. The van der Waals surface area contributed by atoms with Crippen LogP contribution in [0.5, 0.6) is 17.2 Å². The van der Waals surface area contributed by atoms with Crippen molar-refractivity contribution in [2.24, 2.45) is 0 Å². The average Bonchev–Trinajstić information content (AvgIpc) is 3.60. The Hall–Kier alpha value is -4.49. The van der Waals surface area contributed by atoms with Gasteiger partial charge in [-0.25, -0.2) is 0 Å². The third kappa shape index (κ3) is 3.35. The van der Waals surface area contributed by atoms with Crippen molar-refractivity contribution in [3.05, 3.63) is 112 Å². The molecule has 3 aliphatic heterocycles. The number of carbonyl (C=O) groups excluding carboxylic acids is 2. The van der Waals surface area contributed by atoms with Crippen molar-refractivity contribution in [3.63, 3.8) is 0 Å². The van der Waals surface area contributed by atoms with Gasteiger partial charge in [-0.1, -0.05) is 54.1 Å². The van der Waals surface area contributed by atoms with Gasteiger partial charge in [-0.2, -0.15) is 0 Å². The zero-order valence-corrected chi connectivity index (χ0v) is 20.8. The summed E-state index contributed by atoms with van der Waals surface area (Å²) < 4.78 is 17.2. The van der Waals surface area contributed by atoms with Crippen molar-refractivity contribution in [3.8, 4) is 17.2 Å². The number of amides is 2. The summed E-state index contributed by atoms with van der Waals surface area (Å²) in [5.41, 5.74) is 3.19. The van der Waals surface area contributed by atoms with Crippen LogP contribution in [-0.2, 0) is 16.8 Å². The molecular formula is C30H21ClN2O5. The number of nitrogens with zero attached hydrogens (tertiary/aromatic N) is 1. The van der Waals surface area contributed by atoms with Gasteiger partial charge in [0.15, 0.2) is 11.5 Å². The number of carbonyl (C=O) groups is 2. The molecule has 3 heterocycles. The Balaban J connectivity index is 1.26. The molecule has 0 saturated heterocycles. The topological polar surface area (TPSA) is 77.1 Å². The molecule has 0 aliphatic carbocycles. The molecule has 2 amide bonds. The summed E-state index contributed by atoms with van der Waals surface area (Å²) in [7, 11) is 0. The van der Waals surface area contributed by atoms with E-state index >= 15 is 0 Å². The number of nitrogens with one attached hydrogen (secondary N) is 1. The first kappa shape index (κ1) is 22.7. The van der Waals surface area contributed by atoms with Gasteiger partial charge in [0.05, 0.1) is 6.54 Å². The number of anilines is 2. The highest BCUT2D eigenvalue weighted by Crippen LogP contribution is 2.55. The van der Waals surface area contributed by atoms with Crippen LogP contribution in [0, 0.1) is 0 Å². The van der Waals surface area contributed by atoms with Crippen LogP contribution < -0.4 is 24.4 Å². The number of benzene rings is 4. The fraction of sp³-hybridized carbons (Fsp3) is 0.133. The number of hydrogen-bond donors (Lipinski definition) is 1. The minimum atomic E-state index is -1.01. The quantitative estimate of drug-likeness (QED) is 0.379. The van der Waals surface area contributed by atoms with E-state index in [1.165, 1.54) is 0 Å². The van der Waals surface area contributed by atoms with E-state index < -0.39 is 5.41 Å². The Morgan fingerprint density at radius 1 is 0.868 bits per heavy atom. The highest BCUT2D eigenvalue weighted by molar-refractivity contribution is 6.31. The zero-order valence-electron chi connectivity index (χ0n) is 20.1. The van der Waals surface area contributed by atoms with E-state index in [2.05, 4.69) is 5.32 Å². The molecule has 1 spiro atoms. The number of rotatable bonds is 4. The molecule has 7 nitrogen and oxygen atoms in total. The fourth-order valence-corrected chi connectivity index (χ4v) is 5.73. The lowest BCUT2D eigenvalue weighted by atomic mass is 9.77. The van der Waals surface area contributed by atoms with Gasteiger partial charge in [-0.05, 0) is 47.5 Å². The molecule has 8 heteroatoms. The average molecular weight is 525 g/mol. The van der Waals surface area contributed by atoms with E-state index in [9.17, 15) is 9.59 Å². The molecule has 4 aromatic rings. The Morgan fingerprint density at radius 2 is 1.66 bits per heavy atom. The van der Waals surface area contributed by atoms with Gasteiger partial charge >= 0.3 is 0 Å². The molecule has 1 unspecified atom stereocenters. The number of para-hydroxylation sites is 1. The molecule has 0 fully saturated rings. The summed E-state index contributed by atoms with van der Waals surface area (Å²) in [5, 5.41) is 3.44. The number of hydrogen-bond acceptors (Lipinski definition) is 5. The fourth-order valence-electron chi connectivity index (χ4n) is 5.54. The molecule has 0 aromatic heterocycles. The predicted octanol–water partition coefficient (Wildman–Crippen LogP) is 5.55. The molecular weight excluding hydrogens is 504 g/mol. The second kappa shape index (κ2) is 8.53. The van der Waals surface area contributed by atoms with Crippen molar-refractivity contribution in [2.75, 3.05) is 23.6 Å². The highest BCUT2D eigenvalue weighted by Gasteiger charge is 2.57. The van der Waals surface area contributed by atoms with Crippen molar-refractivity contribution in [2.45, 2.75) is 12.0 Å². The van der Waals surface area contributed by atoms with Crippen LogP contribution in [0.15, 0.2) is 84.9 Å². The molecule has 7 rings (SSSR count). The van der Waals surface area contributed by atoms with Gasteiger partial charge < -0.3 is 24.4 Å². The van der Waals surface area contributed by atoms with Gasteiger partial charge in [-0.15, -0.1) is 0 Å². The second-order valence-electron chi connectivity index (χ2n) is 9.43.